The number of halogens is 2. The lowest BCUT2D eigenvalue weighted by Gasteiger charge is -2.34. The van der Waals surface area contributed by atoms with Gasteiger partial charge in [0.05, 0.1) is 5.52 Å². The smallest absolute Gasteiger partial charge is 0.272 e. The molecule has 0 saturated carbocycles. The van der Waals surface area contributed by atoms with Gasteiger partial charge in [0.2, 0.25) is 0 Å². The fourth-order valence-corrected chi connectivity index (χ4v) is 4.48. The number of amides is 1. The highest BCUT2D eigenvalue weighted by molar-refractivity contribution is 6.05. The van der Waals surface area contributed by atoms with E-state index in [1.165, 1.54) is 6.07 Å². The van der Waals surface area contributed by atoms with Crippen molar-refractivity contribution in [3.63, 3.8) is 0 Å². The molecule has 0 unspecified atom stereocenters. The number of hydrogen-bond donors (Lipinski definition) is 2. The van der Waals surface area contributed by atoms with Crippen molar-refractivity contribution < 1.29 is 18.3 Å². The maximum absolute atomic E-state index is 14.9. The van der Waals surface area contributed by atoms with Crippen molar-refractivity contribution in [3.05, 3.63) is 47.7 Å². The van der Waals surface area contributed by atoms with Gasteiger partial charge in [-0.3, -0.25) is 9.89 Å². The Morgan fingerprint density at radius 1 is 1.12 bits per heavy atom. The van der Waals surface area contributed by atoms with E-state index in [1.54, 1.807) is 24.3 Å². The lowest BCUT2D eigenvalue weighted by atomic mass is 10.0. The Labute approximate surface area is 190 Å². The average Bonchev–Trinajstić information content (AvgIpc) is 3.25. The number of aromatic amines is 1. The van der Waals surface area contributed by atoms with Crippen molar-refractivity contribution in [2.24, 2.45) is 0 Å². The topological polar surface area (TPSA) is 73.5 Å². The zero-order chi connectivity index (χ0) is 22.9. The first-order chi connectivity index (χ1) is 16.0. The van der Waals surface area contributed by atoms with E-state index in [2.05, 4.69) is 25.3 Å². The molecule has 0 bridgehead atoms. The summed E-state index contributed by atoms with van der Waals surface area (Å²) in [4.78, 5) is 17.1. The predicted molar refractivity (Wildman–Crippen MR) is 122 cm³/mol. The van der Waals surface area contributed by atoms with Crippen LogP contribution in [0.25, 0.3) is 22.0 Å². The Morgan fingerprint density at radius 3 is 2.64 bits per heavy atom. The summed E-state index contributed by atoms with van der Waals surface area (Å²) in [5, 5.41) is 10.6. The van der Waals surface area contributed by atoms with E-state index >= 15 is 0 Å². The van der Waals surface area contributed by atoms with E-state index in [-0.39, 0.29) is 23.2 Å². The normalized spacial score (nSPS) is 18.1. The third kappa shape index (κ3) is 4.43. The van der Waals surface area contributed by atoms with Crippen molar-refractivity contribution in [2.75, 3.05) is 51.3 Å². The summed E-state index contributed by atoms with van der Waals surface area (Å²) >= 11 is 0. The van der Waals surface area contributed by atoms with Crippen LogP contribution in [0.3, 0.4) is 0 Å². The van der Waals surface area contributed by atoms with E-state index in [0.717, 1.165) is 39.0 Å². The minimum Gasteiger partial charge on any atom is -0.381 e. The number of carbonyl (C=O) groups is 1. The van der Waals surface area contributed by atoms with Crippen molar-refractivity contribution in [3.8, 4) is 11.1 Å². The van der Waals surface area contributed by atoms with Gasteiger partial charge in [0.1, 0.15) is 0 Å². The first-order valence-corrected chi connectivity index (χ1v) is 11.3. The molecule has 1 amide bonds. The number of fused-ring (bicyclic) bond motifs is 1. The Balaban J connectivity index is 1.47. The number of carbonyl (C=O) groups excluding carboxylic acids is 1. The Morgan fingerprint density at radius 2 is 1.88 bits per heavy atom. The Kier molecular flexibility index (Phi) is 5.99. The highest BCUT2D eigenvalue weighted by Crippen LogP contribution is 2.32. The molecule has 0 radical (unpaired) electrons. The minimum atomic E-state index is -0.899. The number of benzene rings is 2. The molecule has 3 heterocycles. The van der Waals surface area contributed by atoms with Crippen LogP contribution in [0.5, 0.6) is 0 Å². The molecule has 2 N–H and O–H groups in total. The number of nitrogens with zero attached hydrogens (tertiary/aromatic N) is 3. The number of hydrogen-bond acceptors (Lipinski definition) is 5. The summed E-state index contributed by atoms with van der Waals surface area (Å²) in [6.45, 7) is 4.45. The molecule has 2 aliphatic rings. The molecule has 2 fully saturated rings. The van der Waals surface area contributed by atoms with Crippen LogP contribution < -0.4 is 10.2 Å². The van der Waals surface area contributed by atoms with Gasteiger partial charge in [-0.15, -0.1) is 0 Å². The summed E-state index contributed by atoms with van der Waals surface area (Å²) in [5.41, 5.74) is 2.22. The molecule has 2 aliphatic heterocycles. The van der Waals surface area contributed by atoms with Crippen LogP contribution in [0, 0.1) is 11.6 Å². The second kappa shape index (κ2) is 9.07. The Bertz CT molecular complexity index is 1170. The van der Waals surface area contributed by atoms with Gasteiger partial charge in [-0.05, 0) is 43.7 Å². The zero-order valence-corrected chi connectivity index (χ0v) is 18.5. The fraction of sp³-hybridized carbons (Fsp3) is 0.417. The van der Waals surface area contributed by atoms with Gasteiger partial charge in [0, 0.05) is 68.1 Å². The molecule has 174 valence electrons. The number of aromatic nitrogens is 2. The van der Waals surface area contributed by atoms with Gasteiger partial charge < -0.3 is 19.9 Å². The van der Waals surface area contributed by atoms with E-state index < -0.39 is 11.6 Å². The second-order valence-corrected chi connectivity index (χ2v) is 8.77. The maximum Gasteiger partial charge on any atom is 0.272 e. The highest BCUT2D eigenvalue weighted by atomic mass is 19.2. The molecule has 33 heavy (non-hydrogen) atoms. The lowest BCUT2D eigenvalue weighted by molar-refractivity contribution is 0.0695. The van der Waals surface area contributed by atoms with E-state index in [1.807, 2.05) is 7.05 Å². The molecule has 0 aliphatic carbocycles. The largest absolute Gasteiger partial charge is 0.381 e. The van der Waals surface area contributed by atoms with Crippen LogP contribution in [-0.4, -0.2) is 73.5 Å². The number of nitrogens with one attached hydrogen (secondary N) is 2. The summed E-state index contributed by atoms with van der Waals surface area (Å²) < 4.78 is 34.8. The second-order valence-electron chi connectivity index (χ2n) is 8.77. The number of anilines is 1. The van der Waals surface area contributed by atoms with Crippen molar-refractivity contribution in [2.45, 2.75) is 18.9 Å². The maximum atomic E-state index is 14.9. The molecule has 5 rings (SSSR count). The lowest BCUT2D eigenvalue weighted by Crippen LogP contribution is -2.44. The molecule has 2 saturated heterocycles. The SMILES string of the molecule is CN1CCN(c2cc(F)c(F)c(-c3ccc4[nH]nc(C(=O)NC5CCOCC5)c4c3)c2)CC1. The van der Waals surface area contributed by atoms with E-state index in [9.17, 15) is 13.6 Å². The molecule has 0 spiro atoms. The van der Waals surface area contributed by atoms with Gasteiger partial charge in [0.15, 0.2) is 17.3 Å². The molecular weight excluding hydrogens is 428 g/mol. The monoisotopic (exact) mass is 455 g/mol. The standard InChI is InChI=1S/C24H27F2N5O2/c1-30-6-8-31(9-7-30)17-13-18(22(26)20(25)14-17)15-2-3-21-19(12-15)23(29-28-21)24(32)27-16-4-10-33-11-5-16/h2-3,12-14,16H,4-11H2,1H3,(H,27,32)(H,28,29). The van der Waals surface area contributed by atoms with Crippen LogP contribution in [0.2, 0.25) is 0 Å². The molecular formula is C24H27F2N5O2. The predicted octanol–water partition coefficient (Wildman–Crippen LogP) is 3.17. The summed E-state index contributed by atoms with van der Waals surface area (Å²) in [5.74, 6) is -2.07. The summed E-state index contributed by atoms with van der Waals surface area (Å²) in [6.07, 6.45) is 1.51. The van der Waals surface area contributed by atoms with Crippen LogP contribution >= 0.6 is 0 Å². The number of rotatable bonds is 4. The fourth-order valence-electron chi connectivity index (χ4n) is 4.48. The van der Waals surface area contributed by atoms with Crippen molar-refractivity contribution in [1.82, 2.24) is 20.4 Å². The van der Waals surface area contributed by atoms with Crippen LogP contribution in [0.1, 0.15) is 23.3 Å². The number of piperazine rings is 1. The highest BCUT2D eigenvalue weighted by Gasteiger charge is 2.22. The molecule has 9 heteroatoms. The number of likely N-dealkylation sites (N-methyl/N-ethyl adjacent to an activating group) is 1. The van der Waals surface area contributed by atoms with Gasteiger partial charge >= 0.3 is 0 Å². The molecule has 3 aromatic rings. The van der Waals surface area contributed by atoms with E-state index in [4.69, 9.17) is 4.74 Å². The average molecular weight is 456 g/mol. The molecule has 0 atom stereocenters. The first kappa shape index (κ1) is 21.8. The van der Waals surface area contributed by atoms with Crippen molar-refractivity contribution in [1.29, 1.82) is 0 Å². The Hall–Kier alpha value is -3.04. The molecule has 1 aromatic heterocycles. The zero-order valence-electron chi connectivity index (χ0n) is 18.5. The third-order valence-corrected chi connectivity index (χ3v) is 6.53. The van der Waals surface area contributed by atoms with E-state index in [0.29, 0.717) is 35.4 Å². The van der Waals surface area contributed by atoms with Gasteiger partial charge in [-0.2, -0.15) is 5.10 Å². The number of ether oxygens (including phenoxy) is 1. The van der Waals surface area contributed by atoms with Crippen LogP contribution in [0.4, 0.5) is 14.5 Å². The number of H-pyrrole nitrogens is 1. The van der Waals surface area contributed by atoms with Gasteiger partial charge in [-0.1, -0.05) is 6.07 Å². The minimum absolute atomic E-state index is 0.0352. The summed E-state index contributed by atoms with van der Waals surface area (Å²) in [7, 11) is 2.05. The molecule has 2 aromatic carbocycles. The van der Waals surface area contributed by atoms with Gasteiger partial charge in [0.25, 0.3) is 5.91 Å². The van der Waals surface area contributed by atoms with Crippen LogP contribution in [-0.2, 0) is 4.74 Å². The van der Waals surface area contributed by atoms with Crippen molar-refractivity contribution >= 4 is 22.5 Å². The summed E-state index contributed by atoms with van der Waals surface area (Å²) in [6, 6.07) is 8.13. The first-order valence-electron chi connectivity index (χ1n) is 11.3. The third-order valence-electron chi connectivity index (χ3n) is 6.53. The quantitative estimate of drug-likeness (QED) is 0.632. The molecule has 7 nitrogen and oxygen atoms in total. The van der Waals surface area contributed by atoms with Crippen LogP contribution in [0.15, 0.2) is 30.3 Å². The van der Waals surface area contributed by atoms with Gasteiger partial charge in [-0.25, -0.2) is 8.78 Å².